The van der Waals surface area contributed by atoms with E-state index in [2.05, 4.69) is 19.5 Å². The van der Waals surface area contributed by atoms with Gasteiger partial charge < -0.3 is 9.47 Å². The van der Waals surface area contributed by atoms with Crippen LogP contribution in [0.4, 0.5) is 9.18 Å². The zero-order valence-corrected chi connectivity index (χ0v) is 4.65. The van der Waals surface area contributed by atoms with Gasteiger partial charge in [0.2, 0.25) is 0 Å². The minimum Gasteiger partial charge on any atom is -0.427 e. The summed E-state index contributed by atoms with van der Waals surface area (Å²) in [5.74, 6) is -2.65. The molecule has 0 radical (unpaired) electrons. The van der Waals surface area contributed by atoms with E-state index in [1.54, 1.807) is 0 Å². The summed E-state index contributed by atoms with van der Waals surface area (Å²) in [6.07, 6.45) is -1.17. The number of hydrogen-bond donors (Lipinski definition) is 0. The Morgan fingerprint density at radius 2 is 2.60 bits per heavy atom. The molecule has 1 saturated heterocycles. The highest BCUT2D eigenvalue weighted by atomic mass is 19.2. The van der Waals surface area contributed by atoms with Crippen molar-refractivity contribution in [2.45, 2.75) is 5.98 Å². The predicted molar refractivity (Wildman–Crippen MR) is 25.4 cm³/mol. The van der Waals surface area contributed by atoms with Crippen LogP contribution in [0.3, 0.4) is 0 Å². The number of ether oxygens (including phenoxy) is 2. The molecule has 6 nitrogen and oxygen atoms in total. The van der Waals surface area contributed by atoms with Gasteiger partial charge in [-0.1, -0.05) is 0 Å². The van der Waals surface area contributed by atoms with Crippen LogP contribution in [0.5, 0.6) is 0 Å². The van der Waals surface area contributed by atoms with Crippen LogP contribution in [0.1, 0.15) is 0 Å². The Morgan fingerprint density at radius 1 is 1.90 bits per heavy atom. The molecule has 10 heavy (non-hydrogen) atoms. The fraction of sp³-hybridized carbons (Fsp3) is 0.667. The molecule has 54 valence electrons. The van der Waals surface area contributed by atoms with Gasteiger partial charge in [-0.3, -0.25) is 0 Å². The molecule has 1 aliphatic rings. The molecule has 0 aromatic carbocycles. The summed E-state index contributed by atoms with van der Waals surface area (Å²) in [5.41, 5.74) is 7.75. The first-order valence-corrected chi connectivity index (χ1v) is 2.27. The lowest BCUT2D eigenvalue weighted by Crippen LogP contribution is -2.20. The van der Waals surface area contributed by atoms with Gasteiger partial charge in [-0.15, -0.1) is 0 Å². The molecule has 0 aromatic heterocycles. The predicted octanol–water partition coefficient (Wildman–Crippen LogP) is 1.09. The molecule has 0 bridgehead atoms. The molecule has 1 heterocycles. The maximum Gasteiger partial charge on any atom is 0.511 e. The molecular formula is C3H2FN3O3. The Balaban J connectivity index is 2.71. The van der Waals surface area contributed by atoms with Crippen molar-refractivity contribution in [3.05, 3.63) is 10.4 Å². The first kappa shape index (κ1) is 6.63. The van der Waals surface area contributed by atoms with Gasteiger partial charge in [-0.25, -0.2) is 4.79 Å². The second kappa shape index (κ2) is 2.03. The number of carbonyl (C=O) groups excluding carboxylic acids is 1. The van der Waals surface area contributed by atoms with E-state index in [1.165, 1.54) is 0 Å². The quantitative estimate of drug-likeness (QED) is 0.183. The Labute approximate surface area is 54.2 Å². The number of alkyl halides is 1. The lowest BCUT2D eigenvalue weighted by molar-refractivity contribution is -0.0529. The van der Waals surface area contributed by atoms with Crippen LogP contribution in [-0.2, 0) is 9.47 Å². The molecule has 0 N–H and O–H groups in total. The molecule has 1 fully saturated rings. The third kappa shape index (κ3) is 1.08. The molecule has 1 rings (SSSR count). The molecule has 0 saturated carbocycles. The molecule has 0 aromatic rings. The first-order valence-electron chi connectivity index (χ1n) is 2.27. The zero-order chi connectivity index (χ0) is 7.61. The number of nitrogens with zero attached hydrogens (tertiary/aromatic N) is 3. The van der Waals surface area contributed by atoms with E-state index >= 15 is 0 Å². The summed E-state index contributed by atoms with van der Waals surface area (Å²) in [5, 5.41) is 2.55. The molecule has 1 unspecified atom stereocenters. The average Bonchev–Trinajstić information content (AvgIpc) is 2.12. The van der Waals surface area contributed by atoms with Gasteiger partial charge in [0.25, 0.3) is 0 Å². The Morgan fingerprint density at radius 3 is 3.00 bits per heavy atom. The van der Waals surface area contributed by atoms with Crippen molar-refractivity contribution >= 4 is 6.16 Å². The van der Waals surface area contributed by atoms with E-state index < -0.39 is 18.7 Å². The van der Waals surface area contributed by atoms with E-state index in [0.29, 0.717) is 0 Å². The molecule has 0 amide bonds. The summed E-state index contributed by atoms with van der Waals surface area (Å²) < 4.78 is 20.4. The second-order valence-corrected chi connectivity index (χ2v) is 1.52. The van der Waals surface area contributed by atoms with Gasteiger partial charge in [0.05, 0.1) is 0 Å². The normalized spacial score (nSPS) is 30.3. The smallest absolute Gasteiger partial charge is 0.427 e. The highest BCUT2D eigenvalue weighted by Crippen LogP contribution is 2.22. The van der Waals surface area contributed by atoms with E-state index in [4.69, 9.17) is 5.53 Å². The molecule has 1 aliphatic heterocycles. The standard InChI is InChI=1S/C3H2FN3O3/c4-3(6-7-5)1-9-2(8)10-3/h1H2. The van der Waals surface area contributed by atoms with Crippen LogP contribution in [0, 0.1) is 0 Å². The van der Waals surface area contributed by atoms with Crippen LogP contribution >= 0.6 is 0 Å². The lowest BCUT2D eigenvalue weighted by Gasteiger charge is -2.04. The highest BCUT2D eigenvalue weighted by Gasteiger charge is 2.42. The second-order valence-electron chi connectivity index (χ2n) is 1.52. The first-order chi connectivity index (χ1) is 4.66. The van der Waals surface area contributed by atoms with Gasteiger partial charge in [0, 0.05) is 4.91 Å². The summed E-state index contributed by atoms with van der Waals surface area (Å²) in [7, 11) is 0. The van der Waals surface area contributed by atoms with Crippen molar-refractivity contribution in [2.75, 3.05) is 6.61 Å². The summed E-state index contributed by atoms with van der Waals surface area (Å²) in [6, 6.07) is 0. The Hall–Kier alpha value is -1.49. The van der Waals surface area contributed by atoms with Gasteiger partial charge in [0.1, 0.15) is 0 Å². The monoisotopic (exact) mass is 147 g/mol. The minimum atomic E-state index is -2.65. The SMILES string of the molecule is [N-]=[N+]=NC1(F)COC(=O)O1. The number of rotatable bonds is 1. The topological polar surface area (TPSA) is 84.3 Å². The van der Waals surface area contributed by atoms with Crippen molar-refractivity contribution in [3.8, 4) is 0 Å². The number of hydrogen-bond acceptors (Lipinski definition) is 4. The van der Waals surface area contributed by atoms with Crippen LogP contribution in [0.15, 0.2) is 5.11 Å². The van der Waals surface area contributed by atoms with E-state index in [0.717, 1.165) is 0 Å². The van der Waals surface area contributed by atoms with Crippen molar-refractivity contribution in [2.24, 2.45) is 5.11 Å². The Kier molecular flexibility index (Phi) is 1.35. The number of azide groups is 1. The molecule has 7 heteroatoms. The number of cyclic esters (lactones) is 2. The van der Waals surface area contributed by atoms with Crippen molar-refractivity contribution < 1.29 is 18.7 Å². The summed E-state index contributed by atoms with van der Waals surface area (Å²) in [4.78, 5) is 12.2. The van der Waals surface area contributed by atoms with Crippen molar-refractivity contribution in [3.63, 3.8) is 0 Å². The third-order valence-corrected chi connectivity index (χ3v) is 0.802. The zero-order valence-electron chi connectivity index (χ0n) is 4.65. The third-order valence-electron chi connectivity index (χ3n) is 0.802. The van der Waals surface area contributed by atoms with Gasteiger partial charge in [0.15, 0.2) is 6.61 Å². The highest BCUT2D eigenvalue weighted by molar-refractivity contribution is 5.62. The van der Waals surface area contributed by atoms with Gasteiger partial charge >= 0.3 is 12.1 Å². The maximum atomic E-state index is 12.6. The van der Waals surface area contributed by atoms with E-state index in [1.807, 2.05) is 0 Å². The minimum absolute atomic E-state index is 0.685. The largest absolute Gasteiger partial charge is 0.511 e. The number of carbonyl (C=O) groups is 1. The van der Waals surface area contributed by atoms with E-state index in [-0.39, 0.29) is 0 Å². The van der Waals surface area contributed by atoms with E-state index in [9.17, 15) is 9.18 Å². The fourth-order valence-corrected chi connectivity index (χ4v) is 0.451. The van der Waals surface area contributed by atoms with Crippen LogP contribution in [0.25, 0.3) is 10.4 Å². The van der Waals surface area contributed by atoms with Crippen LogP contribution in [-0.4, -0.2) is 18.7 Å². The lowest BCUT2D eigenvalue weighted by atomic mass is 10.6. The van der Waals surface area contributed by atoms with Gasteiger partial charge in [-0.2, -0.15) is 4.39 Å². The van der Waals surface area contributed by atoms with Crippen LogP contribution in [0.2, 0.25) is 0 Å². The van der Waals surface area contributed by atoms with Crippen LogP contribution < -0.4 is 0 Å². The van der Waals surface area contributed by atoms with Crippen molar-refractivity contribution in [1.29, 1.82) is 0 Å². The van der Waals surface area contributed by atoms with Gasteiger partial charge in [-0.05, 0) is 10.6 Å². The molecular weight excluding hydrogens is 145 g/mol. The molecule has 1 atom stereocenters. The summed E-state index contributed by atoms with van der Waals surface area (Å²) in [6.45, 7) is -0.685. The summed E-state index contributed by atoms with van der Waals surface area (Å²) >= 11 is 0. The molecule has 0 aliphatic carbocycles. The Bertz CT molecular complexity index is 213. The average molecular weight is 147 g/mol. The fourth-order valence-electron chi connectivity index (χ4n) is 0.451. The van der Waals surface area contributed by atoms with Crippen molar-refractivity contribution in [1.82, 2.24) is 0 Å². The number of halogens is 1. The maximum absolute atomic E-state index is 12.6. The molecule has 0 spiro atoms.